The third-order valence-corrected chi connectivity index (χ3v) is 18.6. The topological polar surface area (TPSA) is 91.6 Å². The second-order valence-corrected chi connectivity index (χ2v) is 25.8. The highest BCUT2D eigenvalue weighted by atomic mass is 15.2. The number of nitrogens with zero attached hydrogens (tertiary/aromatic N) is 6. The number of hydrogen-bond acceptors (Lipinski definition) is 12. The van der Waals surface area contributed by atoms with E-state index < -0.39 is 82.6 Å². The van der Waals surface area contributed by atoms with Crippen LogP contribution in [0.25, 0.3) is 0 Å². The number of likely N-dealkylation sites (N-methyl/N-ethyl adjacent to an activating group) is 6. The Morgan fingerprint density at radius 3 is 0.781 bits per heavy atom. The smallest absolute Gasteiger partial charge is 0.0481 e. The first-order valence-electron chi connectivity index (χ1n) is 46.8. The molecule has 0 amide bonds. The van der Waals surface area contributed by atoms with Crippen molar-refractivity contribution in [3.63, 3.8) is 0 Å². The first kappa shape index (κ1) is 50.2. The summed E-state index contributed by atoms with van der Waals surface area (Å²) in [6.07, 6.45) is 3.01. The summed E-state index contributed by atoms with van der Waals surface area (Å²) >= 11 is 0. The number of hydrogen-bond donors (Lipinski definition) is 6. The fraction of sp³-hybridized carbons (Fsp3) is 0.571. The zero-order valence-corrected chi connectivity index (χ0v) is 58.8. The summed E-state index contributed by atoms with van der Waals surface area (Å²) in [6, 6.07) is 54.1. The van der Waals surface area contributed by atoms with Gasteiger partial charge in [-0.3, -0.25) is 29.4 Å². The molecule has 0 aliphatic carbocycles. The lowest BCUT2D eigenvalue weighted by Gasteiger charge is -2.37. The number of nitrogens with one attached hydrogen (secondary N) is 6. The largest absolute Gasteiger partial charge is 0.315 e. The first-order valence-corrected chi connectivity index (χ1v) is 34.8. The lowest BCUT2D eigenvalue weighted by Crippen LogP contribution is -2.48. The van der Waals surface area contributed by atoms with Crippen molar-refractivity contribution < 1.29 is 32.9 Å². The molecule has 6 heterocycles. The molecule has 12 unspecified atom stereocenters. The van der Waals surface area contributed by atoms with Gasteiger partial charge in [-0.1, -0.05) is 223 Å². The second kappa shape index (κ2) is 44.1. The molecule has 6 aliphatic rings. The Morgan fingerprint density at radius 2 is 0.531 bits per heavy atom. The van der Waals surface area contributed by atoms with Gasteiger partial charge in [0.2, 0.25) is 0 Å². The normalized spacial score (nSPS) is 37.2. The molecule has 12 nitrogen and oxygen atoms in total. The van der Waals surface area contributed by atoms with Crippen LogP contribution >= 0.6 is 0 Å². The molecule has 12 rings (SSSR count). The van der Waals surface area contributed by atoms with Crippen LogP contribution in [0.1, 0.15) is 146 Å². The van der Waals surface area contributed by atoms with Crippen molar-refractivity contribution in [3.05, 3.63) is 215 Å². The van der Waals surface area contributed by atoms with E-state index in [1.54, 1.807) is 18.9 Å². The standard InChI is InChI=1S/6C14H22N2/c6*1-12-8-9-16(11-14(12)15-2)10-13-6-4-3-5-7-13/h6*3-7,12,14-15H,8-11H2,1-2H3/i2*1D3,11D2,12D,14D;11D2,12D,14D;2*1D3;. The monoisotopic (exact) mass is 1330 g/mol. The van der Waals surface area contributed by atoms with Gasteiger partial charge in [0.15, 0.2) is 0 Å². The van der Waals surface area contributed by atoms with Crippen LogP contribution < -0.4 is 31.9 Å². The van der Waals surface area contributed by atoms with Gasteiger partial charge < -0.3 is 31.9 Å². The van der Waals surface area contributed by atoms with Gasteiger partial charge in [0.1, 0.15) is 0 Å². The molecule has 6 saturated heterocycles. The van der Waals surface area contributed by atoms with Crippen LogP contribution in [0.5, 0.6) is 0 Å². The minimum atomic E-state index is -2.76. The molecule has 6 fully saturated rings. The van der Waals surface area contributed by atoms with Crippen molar-refractivity contribution in [1.82, 2.24) is 61.3 Å². The van der Waals surface area contributed by atoms with Gasteiger partial charge in [-0.05, 0) is 189 Å². The van der Waals surface area contributed by atoms with Crippen LogP contribution in [0, 0.1) is 35.4 Å². The highest BCUT2D eigenvalue weighted by molar-refractivity contribution is 5.19. The van der Waals surface area contributed by atoms with E-state index in [-0.39, 0.29) is 62.9 Å². The average Bonchev–Trinajstić information content (AvgIpc) is 0.711. The molecule has 6 aliphatic heterocycles. The Bertz CT molecular complexity index is 3780. The lowest BCUT2D eigenvalue weighted by molar-refractivity contribution is 0.147. The molecular formula is C84H132N12. The molecule has 0 bridgehead atoms. The summed E-state index contributed by atoms with van der Waals surface area (Å²) in [7, 11) is 10.0. The van der Waals surface area contributed by atoms with Crippen LogP contribution in [-0.2, 0) is 39.3 Å². The third-order valence-electron chi connectivity index (χ3n) is 18.6. The Balaban J connectivity index is 0.000000199. The van der Waals surface area contributed by atoms with E-state index in [0.717, 1.165) is 81.3 Å². The Morgan fingerprint density at radius 1 is 0.302 bits per heavy atom. The van der Waals surface area contributed by atoms with E-state index in [9.17, 15) is 0 Å². The quantitative estimate of drug-likeness (QED) is 0.0495. The van der Waals surface area contributed by atoms with Crippen molar-refractivity contribution in [2.24, 2.45) is 35.4 Å². The van der Waals surface area contributed by atoms with Gasteiger partial charge in [-0.2, -0.15) is 0 Å². The number of benzene rings is 6. The minimum absolute atomic E-state index is 0.0463. The molecule has 6 aromatic rings. The van der Waals surface area contributed by atoms with E-state index in [4.69, 9.17) is 32.9 Å². The first-order chi connectivity index (χ1) is 56.0. The molecule has 6 N–H and O–H groups in total. The zero-order valence-electron chi connectivity index (χ0n) is 82.8. The predicted octanol–water partition coefficient (Wildman–Crippen LogP) is 12.7. The maximum Gasteiger partial charge on any atom is 0.0481 e. The number of rotatable bonds is 18. The van der Waals surface area contributed by atoms with Gasteiger partial charge in [0, 0.05) is 147 Å². The fourth-order valence-corrected chi connectivity index (χ4v) is 12.6. The van der Waals surface area contributed by atoms with E-state index in [0.29, 0.717) is 25.6 Å². The van der Waals surface area contributed by atoms with Crippen molar-refractivity contribution in [1.29, 1.82) is 0 Å². The maximum atomic E-state index is 8.50. The molecule has 0 spiro atoms. The number of likely N-dealkylation sites (tertiary alicyclic amines) is 6. The summed E-state index contributed by atoms with van der Waals surface area (Å²) in [5.74, 6) is -5.29. The average molecular weight is 1330 g/mol. The minimum Gasteiger partial charge on any atom is -0.315 e. The molecule has 12 atom stereocenters. The predicted molar refractivity (Wildman–Crippen MR) is 410 cm³/mol. The van der Waals surface area contributed by atoms with Gasteiger partial charge in [0.25, 0.3) is 0 Å². The summed E-state index contributed by atoms with van der Waals surface area (Å²) in [4.78, 5) is 11.7. The van der Waals surface area contributed by atoms with Crippen LogP contribution in [0.4, 0.5) is 0 Å². The van der Waals surface area contributed by atoms with E-state index in [2.05, 4.69) is 115 Å². The van der Waals surface area contributed by atoms with Gasteiger partial charge in [-0.15, -0.1) is 0 Å². The molecule has 0 radical (unpaired) electrons. The van der Waals surface area contributed by atoms with E-state index in [1.165, 1.54) is 60.1 Å². The van der Waals surface area contributed by atoms with Crippen molar-refractivity contribution in [2.45, 2.75) is 155 Å². The van der Waals surface area contributed by atoms with Crippen LogP contribution in [-0.4, -0.2) is 186 Å². The molecule has 0 saturated carbocycles. The highest BCUT2D eigenvalue weighted by Crippen LogP contribution is 2.24. The third kappa shape index (κ3) is 27.9. The highest BCUT2D eigenvalue weighted by Gasteiger charge is 2.30. The lowest BCUT2D eigenvalue weighted by atomic mass is 9.93. The molecule has 0 aromatic heterocycles. The summed E-state index contributed by atoms with van der Waals surface area (Å²) in [5, 5.41) is 17.5. The molecular weight excluding hydrogens is 1180 g/mol. The molecule has 96 heavy (non-hydrogen) atoms. The second-order valence-electron chi connectivity index (χ2n) is 25.8. The molecule has 528 valence electrons. The molecule has 6 aromatic carbocycles. The Labute approximate surface area is 619 Å². The van der Waals surface area contributed by atoms with Crippen LogP contribution in [0.15, 0.2) is 182 Å². The summed E-state index contributed by atoms with van der Waals surface area (Å²) in [6.45, 7) is -1.54. The molecule has 12 heteroatoms. The van der Waals surface area contributed by atoms with Crippen molar-refractivity contribution in [3.8, 4) is 0 Å². The number of piperidine rings is 6. The SMILES string of the molecule is CNC1CN(Cc2ccccc2)CCC1C.[2H]C([2H])([2H])C1([2H])CCN(Cc2ccccc2)C([2H])([2H])C1([2H])NC.[2H]C([2H])([2H])C1([2H])CCN(Cc2ccccc2)C([2H])([2H])C1([2H])NC.[2H]C([2H])([2H])C1CCN(Cc2ccccc2)CC1NC.[2H]C([2H])([2H])C1CCN(Cc2ccccc2)CC1NC.[2H]C1(C)CCN(Cc2ccccc2)C([2H])([2H])C1([2H])NC. The van der Waals surface area contributed by atoms with Gasteiger partial charge >= 0.3 is 0 Å². The zero-order chi connectivity index (χ0) is 89.2. The van der Waals surface area contributed by atoms with Crippen molar-refractivity contribution >= 4 is 0 Å². The van der Waals surface area contributed by atoms with Crippen molar-refractivity contribution in [2.75, 3.05) is 121 Å². The Kier molecular flexibility index (Phi) is 23.1. The Hall–Kier alpha value is -5.16. The van der Waals surface area contributed by atoms with Crippen LogP contribution in [0.2, 0.25) is 0 Å². The van der Waals surface area contributed by atoms with Crippen LogP contribution in [0.3, 0.4) is 0 Å². The van der Waals surface area contributed by atoms with Gasteiger partial charge in [-0.25, -0.2) is 0 Å². The van der Waals surface area contributed by atoms with Gasteiger partial charge in [0.05, 0.1) is 0 Å². The fourth-order valence-electron chi connectivity index (χ4n) is 12.6. The summed E-state index contributed by atoms with van der Waals surface area (Å²) < 4.78 is 192. The maximum absolute atomic E-state index is 8.50. The summed E-state index contributed by atoms with van der Waals surface area (Å²) in [5.41, 5.74) is 6.76. The van der Waals surface area contributed by atoms with E-state index in [1.807, 2.05) is 141 Å². The van der Waals surface area contributed by atoms with E-state index >= 15 is 0 Å².